The number of thiophene rings is 1. The van der Waals surface area contributed by atoms with Crippen molar-refractivity contribution in [1.82, 2.24) is 0 Å². The first kappa shape index (κ1) is 7.59. The fourth-order valence-electron chi connectivity index (χ4n) is 0.218. The van der Waals surface area contributed by atoms with Crippen molar-refractivity contribution in [1.29, 1.82) is 0 Å². The second-order valence-corrected chi connectivity index (χ2v) is 1.99. The van der Waals surface area contributed by atoms with Crippen LogP contribution in [0.15, 0.2) is 11.4 Å². The molecule has 0 amide bonds. The molecule has 0 saturated heterocycles. The zero-order chi connectivity index (χ0) is 4.41. The third-order valence-electron chi connectivity index (χ3n) is 0.439. The van der Waals surface area contributed by atoms with Crippen LogP contribution in [0.4, 0.5) is 0 Å². The normalized spacial score (nSPS) is 7.57. The van der Waals surface area contributed by atoms with Crippen LogP contribution in [-0.2, 0) is 0 Å². The van der Waals surface area contributed by atoms with Crippen LogP contribution in [0.1, 0.15) is 0 Å². The van der Waals surface area contributed by atoms with Crippen molar-refractivity contribution < 1.29 is 18.9 Å². The quantitative estimate of drug-likeness (QED) is 0.314. The molecule has 0 N–H and O–H groups in total. The zero-order valence-electron chi connectivity index (χ0n) is 3.94. The van der Waals surface area contributed by atoms with Gasteiger partial charge in [-0.25, -0.2) is 0 Å². The summed E-state index contributed by atoms with van der Waals surface area (Å²) in [6, 6.07) is 1.81. The predicted octanol–water partition coefficient (Wildman–Crippen LogP) is -0.794. The van der Waals surface area contributed by atoms with Crippen LogP contribution >= 0.6 is 22.9 Å². The van der Waals surface area contributed by atoms with Gasteiger partial charge in [0.1, 0.15) is 0 Å². The first-order valence-electron chi connectivity index (χ1n) is 1.50. The summed E-state index contributed by atoms with van der Waals surface area (Å²) in [4.78, 5) is 0. The van der Waals surface area contributed by atoms with Gasteiger partial charge in [0, 0.05) is 0 Å². The summed E-state index contributed by atoms with van der Waals surface area (Å²) in [5.41, 5.74) is 0. The predicted molar refractivity (Wildman–Crippen MR) is 28.2 cm³/mol. The minimum absolute atomic E-state index is 0. The van der Waals surface area contributed by atoms with Gasteiger partial charge in [0.15, 0.2) is 0 Å². The number of halogens is 1. The molecule has 0 aliphatic carbocycles. The van der Waals surface area contributed by atoms with Crippen molar-refractivity contribution in [2.45, 2.75) is 0 Å². The topological polar surface area (TPSA) is 0 Å². The van der Waals surface area contributed by atoms with Crippen LogP contribution in [0.2, 0.25) is 5.02 Å². The molecule has 0 aromatic carbocycles. The minimum Gasteiger partial charge on any atom is -0.302 e. The third kappa shape index (κ3) is 2.41. The summed E-state index contributed by atoms with van der Waals surface area (Å²) in [5, 5.41) is 5.41. The fraction of sp³-hybridized carbons (Fsp3) is 0. The summed E-state index contributed by atoms with van der Waals surface area (Å²) in [7, 11) is 0. The first-order valence-corrected chi connectivity index (χ1v) is 2.76. The van der Waals surface area contributed by atoms with Crippen LogP contribution in [0, 0.1) is 5.38 Å². The molecule has 0 unspecified atom stereocenters. The molecule has 1 aromatic rings. The largest absolute Gasteiger partial charge is 1.00 e. The van der Waals surface area contributed by atoms with Gasteiger partial charge in [0.25, 0.3) is 0 Å². The summed E-state index contributed by atoms with van der Waals surface area (Å²) < 4.78 is 0. The molecule has 0 fully saturated rings. The molecule has 0 atom stereocenters. The van der Waals surface area contributed by atoms with Gasteiger partial charge in [0.2, 0.25) is 0 Å². The molecular weight excluding hydrogens is 123 g/mol. The zero-order valence-corrected chi connectivity index (χ0v) is 5.51. The average molecular weight is 125 g/mol. The average Bonchev–Trinajstić information content (AvgIpc) is 1.86. The Balaban J connectivity index is 0.000000360. The van der Waals surface area contributed by atoms with Gasteiger partial charge in [-0.2, -0.15) is 11.4 Å². The molecule has 0 saturated carbocycles. The van der Waals surface area contributed by atoms with E-state index in [0.29, 0.717) is 5.02 Å². The van der Waals surface area contributed by atoms with Gasteiger partial charge in [-0.15, -0.1) is 17.0 Å². The van der Waals surface area contributed by atoms with E-state index < -0.39 is 0 Å². The molecule has 7 heavy (non-hydrogen) atoms. The van der Waals surface area contributed by atoms with E-state index in [4.69, 9.17) is 11.6 Å². The van der Waals surface area contributed by atoms with Crippen molar-refractivity contribution in [3.63, 3.8) is 0 Å². The Bertz CT molecular complexity index is 115. The third-order valence-corrected chi connectivity index (χ3v) is 1.38. The van der Waals surface area contributed by atoms with Crippen molar-refractivity contribution in [3.8, 4) is 0 Å². The van der Waals surface area contributed by atoms with Crippen LogP contribution in [-0.4, -0.2) is 0 Å². The molecule has 3 heteroatoms. The molecule has 0 radical (unpaired) electrons. The van der Waals surface area contributed by atoms with Gasteiger partial charge >= 0.3 is 18.9 Å². The Morgan fingerprint density at radius 2 is 2.43 bits per heavy atom. The van der Waals surface area contributed by atoms with Crippen LogP contribution in [0.3, 0.4) is 0 Å². The summed E-state index contributed by atoms with van der Waals surface area (Å²) in [5.74, 6) is 0. The maximum Gasteiger partial charge on any atom is 1.00 e. The molecule has 1 aromatic heterocycles. The fourth-order valence-corrected chi connectivity index (χ4v) is 0.942. The minimum atomic E-state index is 0. The Kier molecular flexibility index (Phi) is 3.87. The molecule has 0 aliphatic heterocycles. The van der Waals surface area contributed by atoms with E-state index in [0.717, 1.165) is 0 Å². The van der Waals surface area contributed by atoms with E-state index in [1.54, 1.807) is 0 Å². The Labute approximate surface area is 63.7 Å². The molecule has 0 nitrogen and oxygen atoms in total. The van der Waals surface area contributed by atoms with Crippen LogP contribution in [0.5, 0.6) is 0 Å². The first-order chi connectivity index (χ1) is 2.89. The molecule has 0 aliphatic rings. The van der Waals surface area contributed by atoms with Crippen LogP contribution in [0.25, 0.3) is 0 Å². The maximum absolute atomic E-state index is 5.41. The molecule has 1 heterocycles. The summed E-state index contributed by atoms with van der Waals surface area (Å²) in [6.45, 7) is 0. The molecule has 1 rings (SSSR count). The van der Waals surface area contributed by atoms with Crippen molar-refractivity contribution >= 4 is 22.9 Å². The van der Waals surface area contributed by atoms with Gasteiger partial charge in [-0.1, -0.05) is 5.02 Å². The smallest absolute Gasteiger partial charge is 0.302 e. The monoisotopic (exact) mass is 124 g/mol. The Hall–Kier alpha value is 0.587. The number of rotatable bonds is 0. The van der Waals surface area contributed by atoms with E-state index in [-0.39, 0.29) is 18.9 Å². The Morgan fingerprint density at radius 3 is 2.57 bits per heavy atom. The van der Waals surface area contributed by atoms with E-state index in [1.165, 1.54) is 11.3 Å². The van der Waals surface area contributed by atoms with Crippen molar-refractivity contribution in [2.24, 2.45) is 0 Å². The van der Waals surface area contributed by atoms with Crippen LogP contribution < -0.4 is 18.9 Å². The summed E-state index contributed by atoms with van der Waals surface area (Å²) in [6.07, 6.45) is 0. The van der Waals surface area contributed by atoms with E-state index in [2.05, 4.69) is 5.38 Å². The second-order valence-electron chi connectivity index (χ2n) is 0.871. The number of hydrogen-bond acceptors (Lipinski definition) is 1. The second kappa shape index (κ2) is 3.57. The van der Waals surface area contributed by atoms with E-state index in [9.17, 15) is 0 Å². The maximum atomic E-state index is 5.41. The molecule has 0 spiro atoms. The van der Waals surface area contributed by atoms with Gasteiger partial charge in [0.05, 0.1) is 0 Å². The standard InChI is InChI=1S/C4H2ClS.Li/c5-4-1-2-6-3-4;/h1-2H;/q-1;+1. The molecule has 0 bridgehead atoms. The number of hydrogen-bond donors (Lipinski definition) is 0. The SMILES string of the molecule is Clc1[c-]scc1.[Li+]. The van der Waals surface area contributed by atoms with Gasteiger partial charge in [-0.3, -0.25) is 0 Å². The van der Waals surface area contributed by atoms with Gasteiger partial charge in [-0.05, 0) is 0 Å². The summed E-state index contributed by atoms with van der Waals surface area (Å²) >= 11 is 6.89. The van der Waals surface area contributed by atoms with E-state index in [1.807, 2.05) is 11.4 Å². The van der Waals surface area contributed by atoms with Crippen molar-refractivity contribution in [2.75, 3.05) is 0 Å². The Morgan fingerprint density at radius 1 is 1.71 bits per heavy atom. The van der Waals surface area contributed by atoms with Crippen molar-refractivity contribution in [3.05, 3.63) is 21.8 Å². The molecular formula is C4H2ClLiS. The van der Waals surface area contributed by atoms with E-state index >= 15 is 0 Å². The molecule has 32 valence electrons. The van der Waals surface area contributed by atoms with Gasteiger partial charge < -0.3 is 11.3 Å².